The Labute approximate surface area is 264 Å². The number of carbonyl (C=O) groups excluding carboxylic acids is 1. The number of aromatic hydroxyl groups is 1. The molecule has 15 heteroatoms. The molecule has 0 atom stereocenters. The van der Waals surface area contributed by atoms with Crippen LogP contribution in [0.5, 0.6) is 5.75 Å². The smallest absolute Gasteiger partial charge is 0.744 e. The fourth-order valence-electron chi connectivity index (χ4n) is 4.04. The van der Waals surface area contributed by atoms with E-state index in [2.05, 4.69) is 22.1 Å². The van der Waals surface area contributed by atoms with Gasteiger partial charge in [0.05, 0.1) is 21.7 Å². The summed E-state index contributed by atoms with van der Waals surface area (Å²) < 4.78 is 63.1. The average molecular weight is 618 g/mol. The maximum Gasteiger partial charge on any atom is 1.00 e. The molecule has 0 aliphatic heterocycles. The van der Waals surface area contributed by atoms with Gasteiger partial charge in [0, 0.05) is 12.2 Å². The predicted octanol–water partition coefficient (Wildman–Crippen LogP) is 1.79. The normalized spacial score (nSPS) is 11.7. The Bertz CT molecular complexity index is 1910. The number of nitrogen functional groups attached to an aromatic ring is 1. The molecule has 4 rings (SSSR count). The molecule has 4 aromatic carbocycles. The Morgan fingerprint density at radius 2 is 1.71 bits per heavy atom. The van der Waals surface area contributed by atoms with E-state index >= 15 is 0 Å². The Morgan fingerprint density at radius 1 is 1.05 bits per heavy atom. The van der Waals surface area contributed by atoms with Crippen LogP contribution in [0.15, 0.2) is 105 Å². The summed E-state index contributed by atoms with van der Waals surface area (Å²) in [7, 11) is -9.02. The van der Waals surface area contributed by atoms with E-state index in [1.165, 1.54) is 30.3 Å². The molecule has 0 bridgehead atoms. The van der Waals surface area contributed by atoms with E-state index in [0.29, 0.717) is 11.4 Å². The summed E-state index contributed by atoms with van der Waals surface area (Å²) >= 11 is 0. The second kappa shape index (κ2) is 13.0. The summed E-state index contributed by atoms with van der Waals surface area (Å²) in [5, 5.41) is 21.5. The molecule has 0 fully saturated rings. The second-order valence-corrected chi connectivity index (χ2v) is 11.8. The first-order chi connectivity index (χ1) is 19.4. The zero-order valence-electron chi connectivity index (χ0n) is 22.6. The van der Waals surface area contributed by atoms with Gasteiger partial charge in [-0.1, -0.05) is 24.8 Å². The van der Waals surface area contributed by atoms with Crippen molar-refractivity contribution in [2.45, 2.75) is 16.7 Å². The van der Waals surface area contributed by atoms with Crippen LogP contribution in [0.1, 0.15) is 6.92 Å². The van der Waals surface area contributed by atoms with Gasteiger partial charge in [0.25, 0.3) is 10.0 Å². The maximum atomic E-state index is 13.8. The number of amides is 1. The minimum absolute atomic E-state index is 0. The summed E-state index contributed by atoms with van der Waals surface area (Å²) in [6.45, 7) is 5.12. The van der Waals surface area contributed by atoms with Crippen LogP contribution in [0.25, 0.3) is 10.8 Å². The van der Waals surface area contributed by atoms with Crippen LogP contribution in [0.4, 0.5) is 28.4 Å². The van der Waals surface area contributed by atoms with Crippen molar-refractivity contribution in [2.75, 3.05) is 21.9 Å². The monoisotopic (exact) mass is 617 g/mol. The first kappa shape index (κ1) is 32.7. The first-order valence-corrected chi connectivity index (χ1v) is 14.8. The molecule has 0 radical (unpaired) electrons. The number of hydrogen-bond donors (Lipinski definition) is 3. The molecule has 4 N–H and O–H groups in total. The molecule has 0 aliphatic rings. The third kappa shape index (κ3) is 6.81. The Balaban J connectivity index is 0.00000484. The summed E-state index contributed by atoms with van der Waals surface area (Å²) in [4.78, 5) is 10.7. The molecule has 4 aromatic rings. The topological polar surface area (TPSA) is 195 Å². The van der Waals surface area contributed by atoms with Crippen molar-refractivity contribution in [3.63, 3.8) is 0 Å². The number of anilines is 3. The number of phenols is 1. The largest absolute Gasteiger partial charge is 1.00 e. The number of nitrogens with one attached hydrogen (secondary N) is 1. The van der Waals surface area contributed by atoms with Crippen LogP contribution < -0.4 is 44.9 Å². The SMILES string of the molecule is C=CC(=O)Nc1ccc(N(CC)S(=O)(=O)c2ccccc2N=Nc2c(N)ccc3cc(S(=O)(=O)[O-])cc(O)c23)cc1.[Na+]. The van der Waals surface area contributed by atoms with E-state index in [-0.39, 0.29) is 68.8 Å². The van der Waals surface area contributed by atoms with Gasteiger partial charge < -0.3 is 20.7 Å². The first-order valence-electron chi connectivity index (χ1n) is 11.9. The van der Waals surface area contributed by atoms with Crippen molar-refractivity contribution in [3.05, 3.63) is 85.5 Å². The van der Waals surface area contributed by atoms with E-state index in [9.17, 15) is 31.3 Å². The van der Waals surface area contributed by atoms with Gasteiger partial charge >= 0.3 is 29.6 Å². The van der Waals surface area contributed by atoms with Crippen molar-refractivity contribution in [2.24, 2.45) is 10.2 Å². The number of nitrogens with zero attached hydrogens (tertiary/aromatic N) is 3. The Kier molecular flexibility index (Phi) is 10.1. The van der Waals surface area contributed by atoms with Crippen molar-refractivity contribution >= 4 is 65.3 Å². The molecular weight excluding hydrogens is 593 g/mol. The van der Waals surface area contributed by atoms with Crippen LogP contribution in [0.3, 0.4) is 0 Å². The van der Waals surface area contributed by atoms with E-state index < -0.39 is 36.7 Å². The number of azo groups is 1. The number of hydrogen-bond acceptors (Lipinski definition) is 10. The van der Waals surface area contributed by atoms with Crippen LogP contribution in [0.2, 0.25) is 0 Å². The molecule has 0 aromatic heterocycles. The number of benzene rings is 4. The molecule has 0 unspecified atom stereocenters. The molecule has 0 saturated heterocycles. The maximum absolute atomic E-state index is 13.8. The number of nitrogens with two attached hydrogens (primary N) is 1. The minimum Gasteiger partial charge on any atom is -0.744 e. The molecule has 12 nitrogen and oxygen atoms in total. The van der Waals surface area contributed by atoms with Crippen LogP contribution >= 0.6 is 0 Å². The number of rotatable bonds is 9. The minimum atomic E-state index is -4.85. The Hall–Kier alpha value is -3.79. The fraction of sp³-hybridized carbons (Fsp3) is 0.0741. The van der Waals surface area contributed by atoms with Crippen LogP contribution in [0, 0.1) is 0 Å². The Morgan fingerprint density at radius 3 is 2.33 bits per heavy atom. The van der Waals surface area contributed by atoms with Gasteiger partial charge in [0.1, 0.15) is 32.1 Å². The second-order valence-electron chi connectivity index (χ2n) is 8.58. The number of fused-ring (bicyclic) bond motifs is 1. The number of phenolic OH excluding ortho intramolecular Hbond substituents is 1. The van der Waals surface area contributed by atoms with Crippen molar-refractivity contribution in [1.29, 1.82) is 0 Å². The van der Waals surface area contributed by atoms with Crippen molar-refractivity contribution in [1.82, 2.24) is 0 Å². The van der Waals surface area contributed by atoms with Gasteiger partial charge in [-0.2, -0.15) is 0 Å². The van der Waals surface area contributed by atoms with E-state index in [4.69, 9.17) is 5.73 Å². The third-order valence-corrected chi connectivity index (χ3v) is 8.71. The molecule has 1 amide bonds. The average Bonchev–Trinajstić information content (AvgIpc) is 2.93. The molecule has 0 aliphatic carbocycles. The van der Waals surface area contributed by atoms with Crippen molar-refractivity contribution in [3.8, 4) is 5.75 Å². The van der Waals surface area contributed by atoms with E-state index in [1.54, 1.807) is 37.3 Å². The summed E-state index contributed by atoms with van der Waals surface area (Å²) in [5.41, 5.74) is 6.84. The van der Waals surface area contributed by atoms with Gasteiger partial charge in [0.15, 0.2) is 0 Å². The van der Waals surface area contributed by atoms with Crippen LogP contribution in [-0.4, -0.2) is 38.9 Å². The standard InChI is InChI=1S/C27H25N5O7S2.Na/c1-3-25(34)29-18-10-12-19(13-11-18)32(4-2)40(35,36)24-8-6-5-7-22(24)30-31-27-21(28)14-9-17-15-20(41(37,38)39)16-23(33)26(17)27;/h3,5-16,33H,1,4,28H2,2H3,(H,29,34)(H,37,38,39);/q;+1/p-1. The zero-order chi connectivity index (χ0) is 29.9. The van der Waals surface area contributed by atoms with E-state index in [0.717, 1.165) is 22.5 Å². The fourth-order valence-corrected chi connectivity index (χ4v) is 6.17. The third-order valence-electron chi connectivity index (χ3n) is 5.95. The molecular formula is C27H24N5NaO7S2. The van der Waals surface area contributed by atoms with Gasteiger partial charge in [-0.15, -0.1) is 10.2 Å². The summed E-state index contributed by atoms with van der Waals surface area (Å²) in [5.74, 6) is -0.975. The van der Waals surface area contributed by atoms with Crippen molar-refractivity contribution < 1.29 is 60.8 Å². The molecule has 0 heterocycles. The summed E-state index contributed by atoms with van der Waals surface area (Å²) in [6, 6.07) is 16.7. The number of sulfonamides is 1. The van der Waals surface area contributed by atoms with Crippen LogP contribution in [-0.2, 0) is 24.9 Å². The van der Waals surface area contributed by atoms with Gasteiger partial charge in [-0.25, -0.2) is 16.8 Å². The quantitative estimate of drug-likeness (QED) is 0.0831. The van der Waals surface area contributed by atoms with Gasteiger partial charge in [-0.3, -0.25) is 9.10 Å². The zero-order valence-corrected chi connectivity index (χ0v) is 26.2. The van der Waals surface area contributed by atoms with Gasteiger partial charge in [-0.05, 0) is 73.0 Å². The summed E-state index contributed by atoms with van der Waals surface area (Å²) in [6.07, 6.45) is 1.11. The molecule has 42 heavy (non-hydrogen) atoms. The van der Waals surface area contributed by atoms with Gasteiger partial charge in [0.2, 0.25) is 5.91 Å². The van der Waals surface area contributed by atoms with E-state index in [1.807, 2.05) is 0 Å². The number of carbonyl (C=O) groups is 1. The molecule has 0 spiro atoms. The molecule has 212 valence electrons. The predicted molar refractivity (Wildman–Crippen MR) is 154 cm³/mol. The molecule has 0 saturated carbocycles.